The van der Waals surface area contributed by atoms with Crippen molar-refractivity contribution in [3.8, 4) is 0 Å². The lowest BCUT2D eigenvalue weighted by molar-refractivity contribution is 0.0697. The number of rotatable bonds is 6. The van der Waals surface area contributed by atoms with E-state index in [1.54, 1.807) is 0 Å². The smallest absolute Gasteiger partial charge is 0.339 e. The highest BCUT2D eigenvalue weighted by Gasteiger charge is 2.21. The van der Waals surface area contributed by atoms with E-state index in [2.05, 4.69) is 15.1 Å². The van der Waals surface area contributed by atoms with Crippen LogP contribution in [0.25, 0.3) is 0 Å². The largest absolute Gasteiger partial charge is 0.478 e. The third-order valence-electron chi connectivity index (χ3n) is 2.71. The molecule has 6 heteroatoms. The first kappa shape index (κ1) is 14.4. The molecule has 6 nitrogen and oxygen atoms in total. The summed E-state index contributed by atoms with van der Waals surface area (Å²) in [5, 5.41) is 16.9. The van der Waals surface area contributed by atoms with Gasteiger partial charge in [-0.2, -0.15) is 5.10 Å². The van der Waals surface area contributed by atoms with E-state index in [9.17, 15) is 4.79 Å². The molecule has 1 aromatic rings. The highest BCUT2D eigenvalue weighted by Crippen LogP contribution is 2.18. The standard InChI is InChI=1S/C12H20N4O2/c1-5-16(9(2)8-15(3)4)11-10(12(17)18)6-7-13-14-11/h6-7,9H,5,8H2,1-4H3,(H,17,18). The van der Waals surface area contributed by atoms with Gasteiger partial charge in [0.2, 0.25) is 0 Å². The third kappa shape index (κ3) is 3.40. The molecule has 0 aliphatic rings. The molecule has 1 atom stereocenters. The van der Waals surface area contributed by atoms with Crippen LogP contribution in [0.2, 0.25) is 0 Å². The molecular weight excluding hydrogens is 232 g/mol. The zero-order chi connectivity index (χ0) is 13.7. The molecule has 0 amide bonds. The fourth-order valence-corrected chi connectivity index (χ4v) is 2.00. The van der Waals surface area contributed by atoms with Gasteiger partial charge in [0.1, 0.15) is 5.56 Å². The van der Waals surface area contributed by atoms with Crippen molar-refractivity contribution >= 4 is 11.8 Å². The van der Waals surface area contributed by atoms with Crippen LogP contribution in [-0.4, -0.2) is 59.4 Å². The molecule has 0 aliphatic heterocycles. The minimum atomic E-state index is -0.976. The average Bonchev–Trinajstić information content (AvgIpc) is 2.29. The molecule has 0 radical (unpaired) electrons. The van der Waals surface area contributed by atoms with Gasteiger partial charge in [0, 0.05) is 19.1 Å². The second kappa shape index (κ2) is 6.30. The molecule has 0 spiro atoms. The summed E-state index contributed by atoms with van der Waals surface area (Å²) in [6.07, 6.45) is 1.40. The molecule has 0 aliphatic carbocycles. The molecule has 1 N–H and O–H groups in total. The van der Waals surface area contributed by atoms with E-state index in [4.69, 9.17) is 5.11 Å². The lowest BCUT2D eigenvalue weighted by atomic mass is 10.2. The molecule has 0 bridgehead atoms. The number of aromatic carboxylic acids is 1. The molecule has 0 fully saturated rings. The first-order valence-corrected chi connectivity index (χ1v) is 5.93. The molecule has 1 unspecified atom stereocenters. The van der Waals surface area contributed by atoms with Gasteiger partial charge < -0.3 is 14.9 Å². The highest BCUT2D eigenvalue weighted by molar-refractivity contribution is 5.93. The Balaban J connectivity index is 3.05. The van der Waals surface area contributed by atoms with E-state index < -0.39 is 5.97 Å². The molecule has 0 aromatic carbocycles. The summed E-state index contributed by atoms with van der Waals surface area (Å²) in [6, 6.07) is 1.65. The Morgan fingerprint density at radius 1 is 1.50 bits per heavy atom. The highest BCUT2D eigenvalue weighted by atomic mass is 16.4. The Morgan fingerprint density at radius 2 is 2.17 bits per heavy atom. The Morgan fingerprint density at radius 3 is 2.67 bits per heavy atom. The second-order valence-electron chi connectivity index (χ2n) is 4.47. The van der Waals surface area contributed by atoms with Crippen LogP contribution in [0.4, 0.5) is 5.82 Å². The van der Waals surface area contributed by atoms with E-state index >= 15 is 0 Å². The normalized spacial score (nSPS) is 12.5. The van der Waals surface area contributed by atoms with Gasteiger partial charge in [0.05, 0.1) is 6.20 Å². The number of carbonyl (C=O) groups is 1. The predicted octanol–water partition coefficient (Wildman–Crippen LogP) is 0.951. The molecular formula is C12H20N4O2. The maximum absolute atomic E-state index is 11.2. The zero-order valence-electron chi connectivity index (χ0n) is 11.3. The van der Waals surface area contributed by atoms with Crippen LogP contribution in [0.15, 0.2) is 12.3 Å². The van der Waals surface area contributed by atoms with Crippen LogP contribution >= 0.6 is 0 Å². The molecule has 100 valence electrons. The van der Waals surface area contributed by atoms with Gasteiger partial charge in [-0.05, 0) is 34.0 Å². The second-order valence-corrected chi connectivity index (χ2v) is 4.47. The Bertz CT molecular complexity index is 409. The van der Waals surface area contributed by atoms with Crippen molar-refractivity contribution in [2.24, 2.45) is 0 Å². The van der Waals surface area contributed by atoms with Crippen molar-refractivity contribution in [3.05, 3.63) is 17.8 Å². The quantitative estimate of drug-likeness (QED) is 0.813. The SMILES string of the molecule is CCN(c1nnccc1C(=O)O)C(C)CN(C)C. The predicted molar refractivity (Wildman–Crippen MR) is 70.0 cm³/mol. The number of nitrogens with zero attached hydrogens (tertiary/aromatic N) is 4. The van der Waals surface area contributed by atoms with Crippen LogP contribution in [0.3, 0.4) is 0 Å². The van der Waals surface area contributed by atoms with E-state index in [1.165, 1.54) is 12.3 Å². The van der Waals surface area contributed by atoms with Crippen molar-refractivity contribution in [2.45, 2.75) is 19.9 Å². The number of aromatic nitrogens is 2. The van der Waals surface area contributed by atoms with Crippen LogP contribution in [0.5, 0.6) is 0 Å². The third-order valence-corrected chi connectivity index (χ3v) is 2.71. The lowest BCUT2D eigenvalue weighted by Crippen LogP contribution is -2.41. The Hall–Kier alpha value is -1.69. The lowest BCUT2D eigenvalue weighted by Gasteiger charge is -2.31. The zero-order valence-corrected chi connectivity index (χ0v) is 11.3. The fourth-order valence-electron chi connectivity index (χ4n) is 2.00. The van der Waals surface area contributed by atoms with Gasteiger partial charge in [-0.25, -0.2) is 4.79 Å². The molecule has 1 rings (SSSR count). The van der Waals surface area contributed by atoms with E-state index in [0.717, 1.165) is 6.54 Å². The van der Waals surface area contributed by atoms with E-state index in [1.807, 2.05) is 32.8 Å². The summed E-state index contributed by atoms with van der Waals surface area (Å²) in [7, 11) is 3.97. The van der Waals surface area contributed by atoms with E-state index in [0.29, 0.717) is 12.4 Å². The molecule has 0 saturated heterocycles. The summed E-state index contributed by atoms with van der Waals surface area (Å²) in [4.78, 5) is 15.2. The number of carboxylic acids is 1. The van der Waals surface area contributed by atoms with Gasteiger partial charge in [0.25, 0.3) is 0 Å². The first-order valence-electron chi connectivity index (χ1n) is 5.93. The number of likely N-dealkylation sites (N-methyl/N-ethyl adjacent to an activating group) is 2. The summed E-state index contributed by atoms with van der Waals surface area (Å²) in [6.45, 7) is 5.54. The van der Waals surface area contributed by atoms with Crippen molar-refractivity contribution in [1.82, 2.24) is 15.1 Å². The maximum Gasteiger partial charge on any atom is 0.339 e. The van der Waals surface area contributed by atoms with Crippen LogP contribution in [-0.2, 0) is 0 Å². The van der Waals surface area contributed by atoms with Gasteiger partial charge in [-0.15, -0.1) is 5.10 Å². The van der Waals surface area contributed by atoms with Crippen molar-refractivity contribution in [2.75, 3.05) is 32.1 Å². The van der Waals surface area contributed by atoms with Crippen molar-refractivity contribution in [3.63, 3.8) is 0 Å². The fraction of sp³-hybridized carbons (Fsp3) is 0.583. The van der Waals surface area contributed by atoms with Crippen molar-refractivity contribution < 1.29 is 9.90 Å². The number of hydrogen-bond donors (Lipinski definition) is 1. The van der Waals surface area contributed by atoms with Crippen LogP contribution in [0, 0.1) is 0 Å². The Labute approximate surface area is 107 Å². The summed E-state index contributed by atoms with van der Waals surface area (Å²) >= 11 is 0. The minimum absolute atomic E-state index is 0.166. The minimum Gasteiger partial charge on any atom is -0.478 e. The summed E-state index contributed by atoms with van der Waals surface area (Å²) in [5.74, 6) is -0.544. The van der Waals surface area contributed by atoms with Crippen LogP contribution < -0.4 is 4.90 Å². The van der Waals surface area contributed by atoms with Gasteiger partial charge >= 0.3 is 5.97 Å². The number of carboxylic acid groups (broad SMARTS) is 1. The topological polar surface area (TPSA) is 69.6 Å². The monoisotopic (exact) mass is 252 g/mol. The summed E-state index contributed by atoms with van der Waals surface area (Å²) < 4.78 is 0. The van der Waals surface area contributed by atoms with Gasteiger partial charge in [-0.3, -0.25) is 0 Å². The average molecular weight is 252 g/mol. The molecule has 18 heavy (non-hydrogen) atoms. The van der Waals surface area contributed by atoms with Gasteiger partial charge in [0.15, 0.2) is 5.82 Å². The number of anilines is 1. The molecule has 1 aromatic heterocycles. The van der Waals surface area contributed by atoms with E-state index in [-0.39, 0.29) is 11.6 Å². The summed E-state index contributed by atoms with van der Waals surface area (Å²) in [5.41, 5.74) is 0.192. The number of hydrogen-bond acceptors (Lipinski definition) is 5. The van der Waals surface area contributed by atoms with Gasteiger partial charge in [-0.1, -0.05) is 0 Å². The maximum atomic E-state index is 11.2. The molecule has 0 saturated carbocycles. The van der Waals surface area contributed by atoms with Crippen LogP contribution in [0.1, 0.15) is 24.2 Å². The first-order chi connectivity index (χ1) is 8.47. The molecule has 1 heterocycles. The van der Waals surface area contributed by atoms with Crippen molar-refractivity contribution in [1.29, 1.82) is 0 Å². The Kier molecular flexibility index (Phi) is 5.03.